The Kier molecular flexibility index (Phi) is 24.0. The second-order valence-electron chi connectivity index (χ2n) is 17.1. The van der Waals surface area contributed by atoms with Crippen LogP contribution in [0, 0.1) is 0 Å². The number of nitrogens with one attached hydrogen (secondary N) is 2. The lowest BCUT2D eigenvalue weighted by Crippen LogP contribution is -2.71. The van der Waals surface area contributed by atoms with Crippen LogP contribution in [0.5, 0.6) is 0 Å². The molecule has 4 fully saturated rings. The van der Waals surface area contributed by atoms with Crippen molar-refractivity contribution in [2.24, 2.45) is 0 Å². The summed E-state index contributed by atoms with van der Waals surface area (Å²) in [5.41, 5.74) is 0. The van der Waals surface area contributed by atoms with E-state index < -0.39 is 172 Å². The molecule has 14 N–H and O–H groups in total. The van der Waals surface area contributed by atoms with Crippen molar-refractivity contribution in [1.29, 1.82) is 0 Å². The lowest BCUT2D eigenvalue weighted by atomic mass is 9.88. The van der Waals surface area contributed by atoms with E-state index >= 15 is 0 Å². The molecule has 0 aromatic heterocycles. The molecule has 4 aliphatic rings. The van der Waals surface area contributed by atoms with E-state index in [0.717, 1.165) is 37.9 Å². The number of esters is 1. The number of rotatable bonds is 25. The van der Waals surface area contributed by atoms with Crippen LogP contribution >= 0.6 is 11.8 Å². The van der Waals surface area contributed by atoms with Crippen LogP contribution in [0.4, 0.5) is 4.79 Å². The fourth-order valence-corrected chi connectivity index (χ4v) is 8.82. The summed E-state index contributed by atoms with van der Waals surface area (Å²) in [7, 11) is 1.32. The standard InChI is InChI=1S/C41H70N2O25S/c1-4-69-40(59)43-26-34(32(65-37-30(55)27(52)21(50)17-62-37)23(16-46)64-36(26)61-12-10-8-6-5-7-9-11-24(51)60-3)66-38-31(56)35(29(54)22(15-45)63-38)68-41(39(57)58)13-19(48)25(42-18(2)47)33(67-41)28(53)20(49)14-44/h19-23,25-38,44-46,48-50,52-56H,4-17H2,1-3H3,(H,42,47)(H,43,59)(H,57,58)/t19?,20?,21-,22?,23?,25-,26?,27?,28?,29-,30?,31?,32+,33?,34?,35?,36-,37?,38?,41+/m1/s1. The summed E-state index contributed by atoms with van der Waals surface area (Å²) in [4.78, 5) is 50.0. The highest BCUT2D eigenvalue weighted by molar-refractivity contribution is 8.13. The van der Waals surface area contributed by atoms with Gasteiger partial charge in [0.15, 0.2) is 18.9 Å². The number of hydrogen-bond donors (Lipinski definition) is 14. The van der Waals surface area contributed by atoms with Gasteiger partial charge in [0.05, 0.1) is 45.7 Å². The average molecular weight is 1020 g/mol. The SMILES string of the molecule is CCSC(=O)NC1C(OC2OC(CO)[C@@H](O)C(O[C@]3(C(=O)O)CC(O)[C@@H](NC(C)=O)C(C(O)C(O)CO)O3)C2O)[C@@H](OC2OC[C@@H](O)C(O)C2O)C(CO)O[C@H]1OCCCCCCCCC(=O)OC. The second-order valence-corrected chi connectivity index (χ2v) is 18.3. The van der Waals surface area contributed by atoms with Crippen LogP contribution in [0.3, 0.4) is 0 Å². The van der Waals surface area contributed by atoms with Crippen LogP contribution in [-0.4, -0.2) is 252 Å². The first-order chi connectivity index (χ1) is 32.8. The molecule has 4 saturated heterocycles. The summed E-state index contributed by atoms with van der Waals surface area (Å²) in [6, 6.07) is -3.10. The number of aliphatic hydroxyl groups excluding tert-OH is 11. The Bertz CT molecular complexity index is 1610. The zero-order valence-corrected chi connectivity index (χ0v) is 39.3. The molecule has 0 spiro atoms. The Morgan fingerprint density at radius 3 is 2.00 bits per heavy atom. The normalized spacial score (nSPS) is 38.1. The Labute approximate surface area is 401 Å². The molecular formula is C41H70N2O25S. The quantitative estimate of drug-likeness (QED) is 0.0300. The van der Waals surface area contributed by atoms with E-state index in [2.05, 4.69) is 15.4 Å². The number of amides is 2. The van der Waals surface area contributed by atoms with Crippen molar-refractivity contribution in [3.63, 3.8) is 0 Å². The van der Waals surface area contributed by atoms with Crippen LogP contribution < -0.4 is 10.6 Å². The average Bonchev–Trinajstić information content (AvgIpc) is 3.31. The molecule has 69 heavy (non-hydrogen) atoms. The maximum Gasteiger partial charge on any atom is 0.364 e. The largest absolute Gasteiger partial charge is 0.477 e. The van der Waals surface area contributed by atoms with E-state index in [4.69, 9.17) is 37.9 Å². The van der Waals surface area contributed by atoms with Crippen molar-refractivity contribution in [1.82, 2.24) is 10.6 Å². The van der Waals surface area contributed by atoms with Gasteiger partial charge in [0.25, 0.3) is 11.0 Å². The molecular weight excluding hydrogens is 953 g/mol. The molecule has 14 unspecified atom stereocenters. The van der Waals surface area contributed by atoms with Gasteiger partial charge in [0.1, 0.15) is 85.4 Å². The van der Waals surface area contributed by atoms with Gasteiger partial charge in [-0.3, -0.25) is 14.4 Å². The van der Waals surface area contributed by atoms with Crippen molar-refractivity contribution in [2.45, 2.75) is 187 Å². The highest BCUT2D eigenvalue weighted by Crippen LogP contribution is 2.39. The third kappa shape index (κ3) is 15.5. The highest BCUT2D eigenvalue weighted by atomic mass is 32.2. The molecule has 0 saturated carbocycles. The Hall–Kier alpha value is -2.53. The number of methoxy groups -OCH3 is 1. The summed E-state index contributed by atoms with van der Waals surface area (Å²) in [6.07, 6.45) is -28.8. The van der Waals surface area contributed by atoms with Crippen LogP contribution in [0.2, 0.25) is 0 Å². The second kappa shape index (κ2) is 28.1. The number of aliphatic hydroxyl groups is 11. The number of carbonyl (C=O) groups excluding carboxylic acids is 3. The Balaban J connectivity index is 1.70. The zero-order chi connectivity index (χ0) is 51.2. The van der Waals surface area contributed by atoms with Crippen LogP contribution in [-0.2, 0) is 57.0 Å². The van der Waals surface area contributed by atoms with Gasteiger partial charge in [-0.25, -0.2) is 4.79 Å². The number of ether oxygens (including phenoxy) is 9. The van der Waals surface area contributed by atoms with E-state index in [-0.39, 0.29) is 18.3 Å². The smallest absolute Gasteiger partial charge is 0.364 e. The highest BCUT2D eigenvalue weighted by Gasteiger charge is 2.61. The molecule has 0 aliphatic carbocycles. The first-order valence-corrected chi connectivity index (χ1v) is 23.7. The summed E-state index contributed by atoms with van der Waals surface area (Å²) in [5.74, 6) is -5.97. The van der Waals surface area contributed by atoms with Gasteiger partial charge in [-0.1, -0.05) is 44.4 Å². The number of aliphatic carboxylic acids is 1. The van der Waals surface area contributed by atoms with E-state index in [1.165, 1.54) is 7.11 Å². The Morgan fingerprint density at radius 1 is 0.754 bits per heavy atom. The van der Waals surface area contributed by atoms with E-state index in [9.17, 15) is 80.5 Å². The molecule has 0 aromatic rings. The summed E-state index contributed by atoms with van der Waals surface area (Å²) in [5, 5.41) is 133. The number of hydrogen-bond acceptors (Lipinski definition) is 25. The van der Waals surface area contributed by atoms with Crippen molar-refractivity contribution in [3.05, 3.63) is 0 Å². The number of unbranched alkanes of at least 4 members (excludes halogenated alkanes) is 5. The summed E-state index contributed by atoms with van der Waals surface area (Å²) in [6.45, 7) is -0.832. The van der Waals surface area contributed by atoms with Crippen molar-refractivity contribution < 1.29 is 123 Å². The van der Waals surface area contributed by atoms with Crippen molar-refractivity contribution >= 4 is 34.8 Å². The van der Waals surface area contributed by atoms with Gasteiger partial charge in [0, 0.05) is 26.4 Å². The summed E-state index contributed by atoms with van der Waals surface area (Å²) < 4.78 is 52.2. The topological polar surface area (TPSA) is 418 Å². The molecule has 4 aliphatic heterocycles. The van der Waals surface area contributed by atoms with Gasteiger partial charge in [-0.05, 0) is 18.6 Å². The number of carboxylic acid groups (broad SMARTS) is 1. The van der Waals surface area contributed by atoms with Gasteiger partial charge in [0.2, 0.25) is 5.91 Å². The van der Waals surface area contributed by atoms with Crippen LogP contribution in [0.15, 0.2) is 0 Å². The molecule has 27 nitrogen and oxygen atoms in total. The molecule has 0 radical (unpaired) electrons. The fraction of sp³-hybridized carbons (Fsp3) is 0.902. The molecule has 20 atom stereocenters. The predicted molar refractivity (Wildman–Crippen MR) is 229 cm³/mol. The minimum absolute atomic E-state index is 0.0131. The number of carbonyl (C=O) groups is 4. The maximum atomic E-state index is 13.4. The van der Waals surface area contributed by atoms with E-state index in [1.54, 1.807) is 6.92 Å². The van der Waals surface area contributed by atoms with E-state index in [0.29, 0.717) is 25.7 Å². The minimum Gasteiger partial charge on any atom is -0.477 e. The van der Waals surface area contributed by atoms with Gasteiger partial charge < -0.3 is 115 Å². The molecule has 2 amide bonds. The molecule has 28 heteroatoms. The molecule has 400 valence electrons. The van der Waals surface area contributed by atoms with Crippen LogP contribution in [0.25, 0.3) is 0 Å². The summed E-state index contributed by atoms with van der Waals surface area (Å²) >= 11 is 0.811. The van der Waals surface area contributed by atoms with E-state index in [1.807, 2.05) is 0 Å². The van der Waals surface area contributed by atoms with Crippen LogP contribution in [0.1, 0.15) is 65.2 Å². The maximum absolute atomic E-state index is 13.4. The van der Waals surface area contributed by atoms with Crippen molar-refractivity contribution in [3.8, 4) is 0 Å². The number of thioether (sulfide) groups is 1. The van der Waals surface area contributed by atoms with Crippen molar-refractivity contribution in [2.75, 3.05) is 45.9 Å². The molecule has 4 rings (SSSR count). The predicted octanol–water partition coefficient (Wildman–Crippen LogP) is -5.36. The lowest BCUT2D eigenvalue weighted by Gasteiger charge is -2.51. The minimum atomic E-state index is -3.13. The zero-order valence-electron chi connectivity index (χ0n) is 38.5. The first kappa shape index (κ1) is 59.0. The molecule has 4 heterocycles. The molecule has 0 bridgehead atoms. The third-order valence-corrected chi connectivity index (χ3v) is 12.7. The number of carboxylic acids is 1. The van der Waals surface area contributed by atoms with Gasteiger partial charge >= 0.3 is 11.9 Å². The van der Waals surface area contributed by atoms with Gasteiger partial charge in [-0.15, -0.1) is 0 Å². The van der Waals surface area contributed by atoms with Gasteiger partial charge in [-0.2, -0.15) is 0 Å². The first-order valence-electron chi connectivity index (χ1n) is 22.8. The monoisotopic (exact) mass is 1020 g/mol. The fourth-order valence-electron chi connectivity index (χ4n) is 8.34. The Morgan fingerprint density at radius 2 is 1.39 bits per heavy atom. The third-order valence-electron chi connectivity index (χ3n) is 12.0. The lowest BCUT2D eigenvalue weighted by molar-refractivity contribution is -0.388. The molecule has 0 aromatic carbocycles.